The highest BCUT2D eigenvalue weighted by Gasteiger charge is 2.17. The second kappa shape index (κ2) is 6.19. The fraction of sp³-hybridized carbons (Fsp3) is 0.692. The van der Waals surface area contributed by atoms with Crippen LogP contribution in [0.2, 0.25) is 0 Å². The summed E-state index contributed by atoms with van der Waals surface area (Å²) in [5, 5.41) is 12.3. The number of aliphatic hydroxyl groups is 1. The van der Waals surface area contributed by atoms with Crippen LogP contribution in [-0.4, -0.2) is 35.7 Å². The number of likely N-dealkylation sites (tertiary alicyclic amines) is 1. The molecule has 0 saturated carbocycles. The maximum Gasteiger partial charge on any atom is 0.129 e. The van der Waals surface area contributed by atoms with E-state index >= 15 is 0 Å². The molecule has 0 amide bonds. The summed E-state index contributed by atoms with van der Waals surface area (Å²) in [6, 6.07) is 4.32. The number of rotatable bonds is 6. The summed E-state index contributed by atoms with van der Waals surface area (Å²) in [5.41, 5.74) is 0. The SMILES string of the molecule is CC(CNCc1ccc(CO)o1)N1CCCC1. The highest BCUT2D eigenvalue weighted by molar-refractivity contribution is 5.06. The first-order chi connectivity index (χ1) is 8.29. The molecule has 1 fully saturated rings. The molecule has 1 unspecified atom stereocenters. The number of nitrogens with one attached hydrogen (secondary N) is 1. The van der Waals surface area contributed by atoms with Gasteiger partial charge in [0.1, 0.15) is 18.1 Å². The molecule has 1 atom stereocenters. The van der Waals surface area contributed by atoms with Gasteiger partial charge in [-0.3, -0.25) is 4.90 Å². The summed E-state index contributed by atoms with van der Waals surface area (Å²) in [5.74, 6) is 1.53. The largest absolute Gasteiger partial charge is 0.462 e. The second-order valence-corrected chi connectivity index (χ2v) is 4.75. The molecule has 2 rings (SSSR count). The molecule has 4 nitrogen and oxygen atoms in total. The summed E-state index contributed by atoms with van der Waals surface area (Å²) in [7, 11) is 0. The van der Waals surface area contributed by atoms with Crippen molar-refractivity contribution < 1.29 is 9.52 Å². The number of furan rings is 1. The lowest BCUT2D eigenvalue weighted by molar-refractivity contribution is 0.238. The minimum absolute atomic E-state index is 0.0236. The Morgan fingerprint density at radius 3 is 2.71 bits per heavy atom. The van der Waals surface area contributed by atoms with Crippen LogP contribution in [0.4, 0.5) is 0 Å². The molecule has 96 valence electrons. The standard InChI is InChI=1S/C13H22N2O2/c1-11(15-6-2-3-7-15)8-14-9-12-4-5-13(10-16)17-12/h4-5,11,14,16H,2-3,6-10H2,1H3. The molecule has 0 bridgehead atoms. The number of aliphatic hydroxyl groups excluding tert-OH is 1. The van der Waals surface area contributed by atoms with Gasteiger partial charge >= 0.3 is 0 Å². The van der Waals surface area contributed by atoms with Gasteiger partial charge in [-0.05, 0) is 45.0 Å². The lowest BCUT2D eigenvalue weighted by atomic mass is 10.3. The topological polar surface area (TPSA) is 48.6 Å². The second-order valence-electron chi connectivity index (χ2n) is 4.75. The minimum Gasteiger partial charge on any atom is -0.462 e. The van der Waals surface area contributed by atoms with Crippen LogP contribution in [0.15, 0.2) is 16.5 Å². The van der Waals surface area contributed by atoms with Gasteiger partial charge in [-0.1, -0.05) is 0 Å². The Balaban J connectivity index is 1.68. The summed E-state index contributed by atoms with van der Waals surface area (Å²) < 4.78 is 5.41. The van der Waals surface area contributed by atoms with Crippen LogP contribution in [0.25, 0.3) is 0 Å². The van der Waals surface area contributed by atoms with E-state index in [9.17, 15) is 0 Å². The zero-order valence-corrected chi connectivity index (χ0v) is 10.5. The van der Waals surface area contributed by atoms with Crippen molar-refractivity contribution in [3.05, 3.63) is 23.7 Å². The molecule has 0 spiro atoms. The molecular weight excluding hydrogens is 216 g/mol. The Kier molecular flexibility index (Phi) is 4.59. The van der Waals surface area contributed by atoms with Crippen molar-refractivity contribution in [2.24, 2.45) is 0 Å². The van der Waals surface area contributed by atoms with Gasteiger partial charge in [-0.25, -0.2) is 0 Å². The molecular formula is C13H22N2O2. The van der Waals surface area contributed by atoms with Crippen molar-refractivity contribution in [3.63, 3.8) is 0 Å². The van der Waals surface area contributed by atoms with Crippen molar-refractivity contribution in [3.8, 4) is 0 Å². The normalized spacial score (nSPS) is 18.7. The summed E-state index contributed by atoms with van der Waals surface area (Å²) in [6.45, 7) is 6.42. The smallest absolute Gasteiger partial charge is 0.129 e. The number of hydrogen-bond donors (Lipinski definition) is 2. The zero-order valence-electron chi connectivity index (χ0n) is 10.5. The lowest BCUT2D eigenvalue weighted by Crippen LogP contribution is -2.38. The fourth-order valence-electron chi connectivity index (χ4n) is 2.32. The predicted molar refractivity (Wildman–Crippen MR) is 66.6 cm³/mol. The third-order valence-electron chi connectivity index (χ3n) is 3.38. The van der Waals surface area contributed by atoms with Gasteiger partial charge in [-0.15, -0.1) is 0 Å². The third-order valence-corrected chi connectivity index (χ3v) is 3.38. The van der Waals surface area contributed by atoms with E-state index in [0.29, 0.717) is 11.8 Å². The van der Waals surface area contributed by atoms with E-state index in [1.165, 1.54) is 25.9 Å². The van der Waals surface area contributed by atoms with E-state index in [2.05, 4.69) is 17.1 Å². The molecule has 1 aliphatic rings. The maximum atomic E-state index is 8.89. The van der Waals surface area contributed by atoms with Gasteiger partial charge < -0.3 is 14.8 Å². The number of hydrogen-bond acceptors (Lipinski definition) is 4. The molecule has 17 heavy (non-hydrogen) atoms. The Bertz CT molecular complexity index is 332. The third kappa shape index (κ3) is 3.56. The molecule has 0 aromatic carbocycles. The highest BCUT2D eigenvalue weighted by Crippen LogP contribution is 2.11. The van der Waals surface area contributed by atoms with Crippen molar-refractivity contribution in [2.75, 3.05) is 19.6 Å². The Morgan fingerprint density at radius 2 is 2.06 bits per heavy atom. The van der Waals surface area contributed by atoms with Crippen LogP contribution in [0.5, 0.6) is 0 Å². The first-order valence-electron chi connectivity index (χ1n) is 6.43. The molecule has 2 N–H and O–H groups in total. The molecule has 0 aliphatic carbocycles. The molecule has 4 heteroatoms. The zero-order chi connectivity index (χ0) is 12.1. The van der Waals surface area contributed by atoms with Gasteiger partial charge in [-0.2, -0.15) is 0 Å². The molecule has 1 aliphatic heterocycles. The Labute approximate surface area is 103 Å². The monoisotopic (exact) mass is 238 g/mol. The van der Waals surface area contributed by atoms with Gasteiger partial charge in [0.25, 0.3) is 0 Å². The van der Waals surface area contributed by atoms with E-state index in [0.717, 1.165) is 18.8 Å². The fourth-order valence-corrected chi connectivity index (χ4v) is 2.32. The first kappa shape index (κ1) is 12.6. The summed E-state index contributed by atoms with van der Waals surface area (Å²) in [6.07, 6.45) is 2.67. The number of nitrogens with zero attached hydrogens (tertiary/aromatic N) is 1. The van der Waals surface area contributed by atoms with E-state index < -0.39 is 0 Å². The van der Waals surface area contributed by atoms with Crippen LogP contribution < -0.4 is 5.32 Å². The molecule has 0 radical (unpaired) electrons. The van der Waals surface area contributed by atoms with Gasteiger partial charge in [0.05, 0.1) is 6.54 Å². The van der Waals surface area contributed by atoms with Gasteiger partial charge in [0, 0.05) is 12.6 Å². The minimum atomic E-state index is -0.0236. The first-order valence-corrected chi connectivity index (χ1v) is 6.43. The van der Waals surface area contributed by atoms with Gasteiger partial charge in [0.15, 0.2) is 0 Å². The van der Waals surface area contributed by atoms with E-state index in [-0.39, 0.29) is 6.61 Å². The van der Waals surface area contributed by atoms with Crippen LogP contribution >= 0.6 is 0 Å². The summed E-state index contributed by atoms with van der Waals surface area (Å²) in [4.78, 5) is 2.52. The lowest BCUT2D eigenvalue weighted by Gasteiger charge is -2.23. The molecule has 1 saturated heterocycles. The van der Waals surface area contributed by atoms with Crippen LogP contribution in [-0.2, 0) is 13.2 Å². The van der Waals surface area contributed by atoms with E-state index in [1.807, 2.05) is 12.1 Å². The Hall–Kier alpha value is -0.840. The van der Waals surface area contributed by atoms with Crippen molar-refractivity contribution >= 4 is 0 Å². The van der Waals surface area contributed by atoms with Crippen molar-refractivity contribution in [1.29, 1.82) is 0 Å². The van der Waals surface area contributed by atoms with E-state index in [4.69, 9.17) is 9.52 Å². The average Bonchev–Trinajstić information content (AvgIpc) is 3.00. The maximum absolute atomic E-state index is 8.89. The van der Waals surface area contributed by atoms with Crippen molar-refractivity contribution in [1.82, 2.24) is 10.2 Å². The van der Waals surface area contributed by atoms with Crippen molar-refractivity contribution in [2.45, 2.75) is 39.0 Å². The van der Waals surface area contributed by atoms with Crippen LogP contribution in [0.3, 0.4) is 0 Å². The van der Waals surface area contributed by atoms with Crippen LogP contribution in [0, 0.1) is 0 Å². The van der Waals surface area contributed by atoms with Crippen LogP contribution in [0.1, 0.15) is 31.3 Å². The molecule has 2 heterocycles. The average molecular weight is 238 g/mol. The molecule has 1 aromatic rings. The Morgan fingerprint density at radius 1 is 1.35 bits per heavy atom. The molecule has 1 aromatic heterocycles. The quantitative estimate of drug-likeness (QED) is 0.785. The van der Waals surface area contributed by atoms with Gasteiger partial charge in [0.2, 0.25) is 0 Å². The predicted octanol–water partition coefficient (Wildman–Crippen LogP) is 1.35. The van der Waals surface area contributed by atoms with E-state index in [1.54, 1.807) is 0 Å². The highest BCUT2D eigenvalue weighted by atomic mass is 16.4. The summed E-state index contributed by atoms with van der Waals surface area (Å²) >= 11 is 0.